The predicted octanol–water partition coefficient (Wildman–Crippen LogP) is 2.64. The summed E-state index contributed by atoms with van der Waals surface area (Å²) in [6.45, 7) is 0. The van der Waals surface area contributed by atoms with Gasteiger partial charge >= 0.3 is 0 Å². The number of benzene rings is 1. The molecular weight excluding hydrogens is 249 g/mol. The zero-order valence-electron chi connectivity index (χ0n) is 9.62. The highest BCUT2D eigenvalue weighted by molar-refractivity contribution is 5.63. The Kier molecular flexibility index (Phi) is 2.68. The summed E-state index contributed by atoms with van der Waals surface area (Å²) in [5.74, 6) is -0.376. The first-order valence-electron chi connectivity index (χ1n) is 5.48. The number of hydrogen-bond acceptors (Lipinski definition) is 5. The maximum absolute atomic E-state index is 12.9. The molecule has 0 aliphatic carbocycles. The third-order valence-electron chi connectivity index (χ3n) is 2.51. The lowest BCUT2D eigenvalue weighted by atomic mass is 10.2. The van der Waals surface area contributed by atoms with Crippen LogP contribution in [0.25, 0.3) is 23.0 Å². The third-order valence-corrected chi connectivity index (χ3v) is 2.51. The largest absolute Gasteiger partial charge is 0.507 e. The van der Waals surface area contributed by atoms with Crippen molar-refractivity contribution in [2.75, 3.05) is 0 Å². The second kappa shape index (κ2) is 4.49. The van der Waals surface area contributed by atoms with E-state index in [1.165, 1.54) is 12.1 Å². The van der Waals surface area contributed by atoms with Gasteiger partial charge in [0.05, 0.1) is 5.56 Å². The number of pyridine rings is 1. The van der Waals surface area contributed by atoms with Crippen molar-refractivity contribution in [3.8, 4) is 28.7 Å². The van der Waals surface area contributed by atoms with Gasteiger partial charge in [0, 0.05) is 12.3 Å². The summed E-state index contributed by atoms with van der Waals surface area (Å²) in [5, 5.41) is 13.4. The monoisotopic (exact) mass is 257 g/mol. The Bertz CT molecular complexity index is 713. The quantitative estimate of drug-likeness (QED) is 0.764. The molecule has 2 aromatic heterocycles. The Morgan fingerprint density at radius 3 is 2.79 bits per heavy atom. The molecule has 3 rings (SSSR count). The van der Waals surface area contributed by atoms with Crippen LogP contribution in [0, 0.1) is 5.82 Å². The van der Waals surface area contributed by atoms with Gasteiger partial charge in [-0.05, 0) is 24.3 Å². The summed E-state index contributed by atoms with van der Waals surface area (Å²) in [6.07, 6.45) is 1.61. The van der Waals surface area contributed by atoms with E-state index >= 15 is 0 Å². The van der Waals surface area contributed by atoms with Crippen molar-refractivity contribution in [2.24, 2.45) is 0 Å². The van der Waals surface area contributed by atoms with Gasteiger partial charge in [-0.15, -0.1) is 0 Å². The SMILES string of the molecule is Oc1cc(F)ccc1-c1nc(-c2ccccn2)no1. The summed E-state index contributed by atoms with van der Waals surface area (Å²) < 4.78 is 17.9. The Morgan fingerprint density at radius 2 is 2.05 bits per heavy atom. The van der Waals surface area contributed by atoms with Crippen molar-refractivity contribution >= 4 is 0 Å². The first-order chi connectivity index (χ1) is 9.24. The molecule has 94 valence electrons. The van der Waals surface area contributed by atoms with Gasteiger partial charge < -0.3 is 9.63 Å². The minimum atomic E-state index is -0.536. The van der Waals surface area contributed by atoms with Gasteiger partial charge in [0.15, 0.2) is 0 Å². The fourth-order valence-electron chi connectivity index (χ4n) is 1.62. The molecule has 1 aromatic carbocycles. The van der Waals surface area contributed by atoms with Gasteiger partial charge in [0.1, 0.15) is 17.3 Å². The Hall–Kier alpha value is -2.76. The van der Waals surface area contributed by atoms with Gasteiger partial charge in [-0.25, -0.2) is 4.39 Å². The maximum atomic E-state index is 12.9. The van der Waals surface area contributed by atoms with Crippen LogP contribution < -0.4 is 0 Å². The molecule has 0 atom stereocenters. The Balaban J connectivity index is 2.02. The van der Waals surface area contributed by atoms with E-state index in [0.29, 0.717) is 11.5 Å². The summed E-state index contributed by atoms with van der Waals surface area (Å²) >= 11 is 0. The van der Waals surface area contributed by atoms with Crippen molar-refractivity contribution in [2.45, 2.75) is 0 Å². The minimum absolute atomic E-state index is 0.109. The molecule has 0 aliphatic heterocycles. The second-order valence-electron chi connectivity index (χ2n) is 3.80. The molecule has 1 N–H and O–H groups in total. The molecule has 0 saturated heterocycles. The van der Waals surface area contributed by atoms with Crippen LogP contribution in [0.15, 0.2) is 47.1 Å². The smallest absolute Gasteiger partial charge is 0.262 e. The van der Waals surface area contributed by atoms with Crippen molar-refractivity contribution in [1.29, 1.82) is 0 Å². The third kappa shape index (κ3) is 2.15. The normalized spacial score (nSPS) is 10.6. The number of phenolic OH excluding ortho intramolecular Hbond substituents is 1. The second-order valence-corrected chi connectivity index (χ2v) is 3.80. The number of phenols is 1. The molecule has 0 fully saturated rings. The lowest BCUT2D eigenvalue weighted by molar-refractivity contribution is 0.424. The maximum Gasteiger partial charge on any atom is 0.262 e. The Morgan fingerprint density at radius 1 is 1.16 bits per heavy atom. The number of rotatable bonds is 2. The van der Waals surface area contributed by atoms with Crippen molar-refractivity contribution in [1.82, 2.24) is 15.1 Å². The van der Waals surface area contributed by atoms with E-state index in [2.05, 4.69) is 15.1 Å². The first kappa shape index (κ1) is 11.3. The molecule has 0 spiro atoms. The zero-order valence-corrected chi connectivity index (χ0v) is 9.62. The number of aromatic nitrogens is 3. The highest BCUT2D eigenvalue weighted by Gasteiger charge is 2.14. The summed E-state index contributed by atoms with van der Waals surface area (Å²) in [6, 6.07) is 8.88. The van der Waals surface area contributed by atoms with Gasteiger partial charge in [-0.2, -0.15) is 4.98 Å². The molecular formula is C13H8FN3O2. The zero-order chi connectivity index (χ0) is 13.2. The summed E-state index contributed by atoms with van der Waals surface area (Å²) in [7, 11) is 0. The molecule has 3 aromatic rings. The highest BCUT2D eigenvalue weighted by atomic mass is 19.1. The van der Waals surface area contributed by atoms with Crippen LogP contribution in [0.4, 0.5) is 4.39 Å². The number of nitrogens with zero attached hydrogens (tertiary/aromatic N) is 3. The van der Waals surface area contributed by atoms with Gasteiger partial charge in [0.2, 0.25) is 5.82 Å². The first-order valence-corrected chi connectivity index (χ1v) is 5.48. The standard InChI is InChI=1S/C13H8FN3O2/c14-8-4-5-9(11(18)7-8)13-16-12(17-19-13)10-3-1-2-6-15-10/h1-7,18H. The molecule has 0 amide bonds. The van der Waals surface area contributed by atoms with Crippen molar-refractivity contribution in [3.05, 3.63) is 48.4 Å². The summed E-state index contributed by atoms with van der Waals surface area (Å²) in [5.41, 5.74) is 0.829. The van der Waals surface area contributed by atoms with Crippen LogP contribution in [0.5, 0.6) is 5.75 Å². The van der Waals surface area contributed by atoms with Crippen LogP contribution in [-0.2, 0) is 0 Å². The molecule has 0 saturated carbocycles. The topological polar surface area (TPSA) is 72.0 Å². The minimum Gasteiger partial charge on any atom is -0.507 e. The fourth-order valence-corrected chi connectivity index (χ4v) is 1.62. The number of halogens is 1. The van der Waals surface area contributed by atoms with Crippen LogP contribution >= 0.6 is 0 Å². The molecule has 19 heavy (non-hydrogen) atoms. The molecule has 0 aliphatic rings. The average Bonchev–Trinajstić information content (AvgIpc) is 2.89. The average molecular weight is 257 g/mol. The number of aromatic hydroxyl groups is 1. The number of hydrogen-bond donors (Lipinski definition) is 1. The van der Waals surface area contributed by atoms with Gasteiger partial charge in [0.25, 0.3) is 5.89 Å². The fraction of sp³-hybridized carbons (Fsp3) is 0. The lowest BCUT2D eigenvalue weighted by Crippen LogP contribution is -1.85. The Labute approximate surface area is 107 Å². The van der Waals surface area contributed by atoms with Crippen molar-refractivity contribution < 1.29 is 14.0 Å². The van der Waals surface area contributed by atoms with Crippen LogP contribution in [-0.4, -0.2) is 20.2 Å². The van der Waals surface area contributed by atoms with E-state index in [1.807, 2.05) is 0 Å². The summed E-state index contributed by atoms with van der Waals surface area (Å²) in [4.78, 5) is 8.20. The predicted molar refractivity (Wildman–Crippen MR) is 64.6 cm³/mol. The van der Waals surface area contributed by atoms with E-state index < -0.39 is 5.82 Å². The van der Waals surface area contributed by atoms with Gasteiger partial charge in [-0.3, -0.25) is 4.98 Å². The molecule has 2 heterocycles. The molecule has 6 heteroatoms. The molecule has 0 radical (unpaired) electrons. The van der Waals surface area contributed by atoms with Crippen LogP contribution in [0.3, 0.4) is 0 Å². The van der Waals surface area contributed by atoms with E-state index in [-0.39, 0.29) is 17.2 Å². The van der Waals surface area contributed by atoms with Gasteiger partial charge in [-0.1, -0.05) is 11.2 Å². The highest BCUT2D eigenvalue weighted by Crippen LogP contribution is 2.29. The molecule has 0 unspecified atom stereocenters. The van der Waals surface area contributed by atoms with E-state index in [9.17, 15) is 9.50 Å². The molecule has 5 nitrogen and oxygen atoms in total. The van der Waals surface area contributed by atoms with Crippen LogP contribution in [0.1, 0.15) is 0 Å². The lowest BCUT2D eigenvalue weighted by Gasteiger charge is -1.98. The van der Waals surface area contributed by atoms with Crippen LogP contribution in [0.2, 0.25) is 0 Å². The molecule has 0 bridgehead atoms. The van der Waals surface area contributed by atoms with E-state index in [4.69, 9.17) is 4.52 Å². The van der Waals surface area contributed by atoms with E-state index in [1.54, 1.807) is 24.4 Å². The van der Waals surface area contributed by atoms with Crippen molar-refractivity contribution in [3.63, 3.8) is 0 Å². The van der Waals surface area contributed by atoms with E-state index in [0.717, 1.165) is 6.07 Å².